The molecule has 0 fully saturated rings. The zero-order valence-electron chi connectivity index (χ0n) is 9.17. The number of aromatic nitrogens is 1. The summed E-state index contributed by atoms with van der Waals surface area (Å²) in [7, 11) is -3.74. The van der Waals surface area contributed by atoms with Crippen molar-refractivity contribution < 1.29 is 12.8 Å². The smallest absolute Gasteiger partial charge is 0.261 e. The van der Waals surface area contributed by atoms with Gasteiger partial charge in [0.1, 0.15) is 11.6 Å². The van der Waals surface area contributed by atoms with E-state index in [0.29, 0.717) is 5.82 Å². The number of sulfonamides is 1. The van der Waals surface area contributed by atoms with Gasteiger partial charge in [0, 0.05) is 0 Å². The van der Waals surface area contributed by atoms with E-state index in [4.69, 9.17) is 5.73 Å². The number of benzene rings is 1. The Balaban J connectivity index is 2.27. The molecule has 0 amide bonds. The van der Waals surface area contributed by atoms with Gasteiger partial charge < -0.3 is 5.73 Å². The van der Waals surface area contributed by atoms with E-state index in [0.717, 1.165) is 12.1 Å². The molecule has 2 aromatic rings. The fourth-order valence-electron chi connectivity index (χ4n) is 1.29. The van der Waals surface area contributed by atoms with Crippen LogP contribution in [0.5, 0.6) is 0 Å². The van der Waals surface area contributed by atoms with Gasteiger partial charge in [-0.1, -0.05) is 0 Å². The Kier molecular flexibility index (Phi) is 3.15. The third-order valence-corrected chi connectivity index (χ3v) is 3.56. The van der Waals surface area contributed by atoms with Gasteiger partial charge in [0.2, 0.25) is 0 Å². The Morgan fingerprint density at radius 3 is 2.33 bits per heavy atom. The van der Waals surface area contributed by atoms with Crippen molar-refractivity contribution >= 4 is 21.5 Å². The first kappa shape index (κ1) is 12.3. The van der Waals surface area contributed by atoms with Crippen molar-refractivity contribution in [3.63, 3.8) is 0 Å². The van der Waals surface area contributed by atoms with E-state index in [2.05, 4.69) is 9.71 Å². The van der Waals surface area contributed by atoms with Crippen LogP contribution < -0.4 is 10.5 Å². The highest BCUT2D eigenvalue weighted by Gasteiger charge is 2.13. The van der Waals surface area contributed by atoms with E-state index < -0.39 is 15.8 Å². The molecule has 2 rings (SSSR count). The van der Waals surface area contributed by atoms with Crippen molar-refractivity contribution in [3.8, 4) is 0 Å². The lowest BCUT2D eigenvalue weighted by atomic mass is 10.4. The molecule has 0 unspecified atom stereocenters. The molecule has 1 aromatic heterocycles. The van der Waals surface area contributed by atoms with Gasteiger partial charge >= 0.3 is 0 Å². The normalized spacial score (nSPS) is 11.2. The predicted octanol–water partition coefficient (Wildman–Crippen LogP) is 1.60. The molecule has 0 aliphatic heterocycles. The Morgan fingerprint density at radius 1 is 1.11 bits per heavy atom. The standard InChI is InChI=1S/C11H10FN3O2S/c12-8-1-4-10(5-2-8)18(16,17)15-9-3-6-11(13)14-7-9/h1-7,15H,(H2,13,14). The minimum absolute atomic E-state index is 0.0271. The second-order valence-electron chi connectivity index (χ2n) is 3.53. The predicted molar refractivity (Wildman–Crippen MR) is 65.9 cm³/mol. The number of nitrogens with zero attached hydrogens (tertiary/aromatic N) is 1. The molecule has 18 heavy (non-hydrogen) atoms. The Morgan fingerprint density at radius 2 is 1.78 bits per heavy atom. The molecule has 0 aliphatic rings. The average molecular weight is 267 g/mol. The third kappa shape index (κ3) is 2.75. The van der Waals surface area contributed by atoms with Crippen molar-refractivity contribution in [1.29, 1.82) is 0 Å². The van der Waals surface area contributed by atoms with Crippen molar-refractivity contribution in [2.75, 3.05) is 10.5 Å². The molecule has 3 N–H and O–H groups in total. The van der Waals surface area contributed by atoms with E-state index in [-0.39, 0.29) is 10.6 Å². The van der Waals surface area contributed by atoms with Gasteiger partial charge in [-0.3, -0.25) is 4.72 Å². The van der Waals surface area contributed by atoms with Crippen LogP contribution in [0.4, 0.5) is 15.9 Å². The van der Waals surface area contributed by atoms with Crippen LogP contribution in [0.2, 0.25) is 0 Å². The highest BCUT2D eigenvalue weighted by molar-refractivity contribution is 7.92. The highest BCUT2D eigenvalue weighted by atomic mass is 32.2. The number of halogens is 1. The minimum atomic E-state index is -3.74. The summed E-state index contributed by atoms with van der Waals surface area (Å²) in [5, 5.41) is 0. The fraction of sp³-hybridized carbons (Fsp3) is 0. The minimum Gasteiger partial charge on any atom is -0.384 e. The highest BCUT2D eigenvalue weighted by Crippen LogP contribution is 2.16. The summed E-state index contributed by atoms with van der Waals surface area (Å²) in [4.78, 5) is 3.73. The lowest BCUT2D eigenvalue weighted by molar-refractivity contribution is 0.599. The van der Waals surface area contributed by atoms with Crippen LogP contribution in [-0.4, -0.2) is 13.4 Å². The Labute approximate surface area is 104 Å². The summed E-state index contributed by atoms with van der Waals surface area (Å²) >= 11 is 0. The van der Waals surface area contributed by atoms with Gasteiger partial charge in [0.05, 0.1) is 16.8 Å². The maximum Gasteiger partial charge on any atom is 0.261 e. The number of pyridine rings is 1. The van der Waals surface area contributed by atoms with E-state index in [1.165, 1.54) is 30.5 Å². The molecule has 7 heteroatoms. The number of hydrogen-bond acceptors (Lipinski definition) is 4. The third-order valence-electron chi connectivity index (χ3n) is 2.16. The van der Waals surface area contributed by atoms with E-state index in [1.54, 1.807) is 0 Å². The zero-order chi connectivity index (χ0) is 13.2. The zero-order valence-corrected chi connectivity index (χ0v) is 9.99. The SMILES string of the molecule is Nc1ccc(NS(=O)(=O)c2ccc(F)cc2)cn1. The molecule has 0 bridgehead atoms. The van der Waals surface area contributed by atoms with Crippen LogP contribution in [0, 0.1) is 5.82 Å². The van der Waals surface area contributed by atoms with Gasteiger partial charge in [-0.05, 0) is 36.4 Å². The average Bonchev–Trinajstić information content (AvgIpc) is 2.32. The monoisotopic (exact) mass is 267 g/mol. The maximum atomic E-state index is 12.7. The fourth-order valence-corrected chi connectivity index (χ4v) is 2.34. The van der Waals surface area contributed by atoms with Gasteiger partial charge in [-0.25, -0.2) is 17.8 Å². The first-order chi connectivity index (χ1) is 8.47. The summed E-state index contributed by atoms with van der Waals surface area (Å²) in [5.74, 6) is -0.206. The molecule has 0 atom stereocenters. The van der Waals surface area contributed by atoms with Crippen LogP contribution in [0.15, 0.2) is 47.5 Å². The molecule has 0 aliphatic carbocycles. The molecule has 0 saturated heterocycles. The topological polar surface area (TPSA) is 85.1 Å². The molecular formula is C11H10FN3O2S. The summed E-state index contributed by atoms with van der Waals surface area (Å²) in [6.07, 6.45) is 1.30. The van der Waals surface area contributed by atoms with Crippen LogP contribution in [0.1, 0.15) is 0 Å². The maximum absolute atomic E-state index is 12.7. The molecule has 1 heterocycles. The summed E-state index contributed by atoms with van der Waals surface area (Å²) in [6, 6.07) is 7.49. The number of nitrogens with one attached hydrogen (secondary N) is 1. The van der Waals surface area contributed by atoms with E-state index in [9.17, 15) is 12.8 Å². The molecule has 0 saturated carbocycles. The number of anilines is 2. The molecule has 5 nitrogen and oxygen atoms in total. The van der Waals surface area contributed by atoms with Crippen molar-refractivity contribution in [2.24, 2.45) is 0 Å². The van der Waals surface area contributed by atoms with Crippen LogP contribution >= 0.6 is 0 Å². The molecule has 0 radical (unpaired) electrons. The second-order valence-corrected chi connectivity index (χ2v) is 5.21. The van der Waals surface area contributed by atoms with Gasteiger partial charge in [0.25, 0.3) is 10.0 Å². The lowest BCUT2D eigenvalue weighted by Gasteiger charge is -2.07. The van der Waals surface area contributed by atoms with E-state index in [1.807, 2.05) is 0 Å². The summed E-state index contributed by atoms with van der Waals surface area (Å²) in [6.45, 7) is 0. The van der Waals surface area contributed by atoms with Crippen LogP contribution in [0.25, 0.3) is 0 Å². The van der Waals surface area contributed by atoms with Crippen molar-refractivity contribution in [2.45, 2.75) is 4.90 Å². The first-order valence-electron chi connectivity index (χ1n) is 4.97. The van der Waals surface area contributed by atoms with Gasteiger partial charge in [-0.15, -0.1) is 0 Å². The largest absolute Gasteiger partial charge is 0.384 e. The van der Waals surface area contributed by atoms with Gasteiger partial charge in [0.15, 0.2) is 0 Å². The first-order valence-corrected chi connectivity index (χ1v) is 6.45. The van der Waals surface area contributed by atoms with Crippen LogP contribution in [0.3, 0.4) is 0 Å². The van der Waals surface area contributed by atoms with Crippen molar-refractivity contribution in [1.82, 2.24) is 4.98 Å². The second kappa shape index (κ2) is 4.61. The number of nitrogen functional groups attached to an aromatic ring is 1. The number of hydrogen-bond donors (Lipinski definition) is 2. The Hall–Kier alpha value is -2.15. The lowest BCUT2D eigenvalue weighted by Crippen LogP contribution is -2.13. The molecule has 0 spiro atoms. The summed E-state index contributed by atoms with van der Waals surface area (Å²) in [5.41, 5.74) is 5.67. The number of rotatable bonds is 3. The number of nitrogens with two attached hydrogens (primary N) is 1. The summed E-state index contributed by atoms with van der Waals surface area (Å²) < 4.78 is 38.8. The molecular weight excluding hydrogens is 257 g/mol. The van der Waals surface area contributed by atoms with E-state index >= 15 is 0 Å². The molecule has 94 valence electrons. The van der Waals surface area contributed by atoms with Crippen molar-refractivity contribution in [3.05, 3.63) is 48.4 Å². The quantitative estimate of drug-likeness (QED) is 0.884. The van der Waals surface area contributed by atoms with Crippen LogP contribution in [-0.2, 0) is 10.0 Å². The van der Waals surface area contributed by atoms with Gasteiger partial charge in [-0.2, -0.15) is 0 Å². The molecule has 1 aromatic carbocycles. The Bertz CT molecular complexity index is 639.